The Balaban J connectivity index is 2.74. The van der Waals surface area contributed by atoms with E-state index in [4.69, 9.17) is 9.47 Å². The third-order valence-electron chi connectivity index (χ3n) is 1.96. The van der Waals surface area contributed by atoms with E-state index in [1.807, 2.05) is 0 Å². The highest BCUT2D eigenvalue weighted by atomic mass is 16.5. The Morgan fingerprint density at radius 1 is 1.47 bits per heavy atom. The predicted molar refractivity (Wildman–Crippen MR) is 62.8 cm³/mol. The van der Waals surface area contributed by atoms with Crippen molar-refractivity contribution in [2.24, 2.45) is 0 Å². The van der Waals surface area contributed by atoms with Gasteiger partial charge in [0.25, 0.3) is 0 Å². The summed E-state index contributed by atoms with van der Waals surface area (Å²) in [4.78, 5) is 11.0. The summed E-state index contributed by atoms with van der Waals surface area (Å²) in [5, 5.41) is 9.52. The fraction of sp³-hybridized carbons (Fsp3) is 0.308. The van der Waals surface area contributed by atoms with Crippen LogP contribution in [0.4, 0.5) is 0 Å². The van der Waals surface area contributed by atoms with Gasteiger partial charge in [-0.25, -0.2) is 0 Å². The fourth-order valence-corrected chi connectivity index (χ4v) is 1.17. The molecule has 1 aromatic carbocycles. The standard InChI is InChI=1S/C13H14O4/c1-3-17-13(15)6-4-5-10-9-11(16-2)7-8-12(10)14/h7-9,14H,3,6H2,1-2H3. The number of esters is 1. The molecule has 0 fully saturated rings. The number of phenols is 1. The minimum absolute atomic E-state index is 0.00445. The third-order valence-corrected chi connectivity index (χ3v) is 1.96. The van der Waals surface area contributed by atoms with Gasteiger partial charge in [0.15, 0.2) is 0 Å². The molecule has 0 spiro atoms. The number of hydrogen-bond acceptors (Lipinski definition) is 4. The molecule has 1 rings (SSSR count). The lowest BCUT2D eigenvalue weighted by atomic mass is 10.2. The summed E-state index contributed by atoms with van der Waals surface area (Å²) in [5.74, 6) is 5.62. The van der Waals surface area contributed by atoms with Gasteiger partial charge >= 0.3 is 5.97 Å². The summed E-state index contributed by atoms with van der Waals surface area (Å²) >= 11 is 0. The topological polar surface area (TPSA) is 55.8 Å². The molecule has 0 saturated carbocycles. The Morgan fingerprint density at radius 3 is 2.88 bits per heavy atom. The van der Waals surface area contributed by atoms with Crippen molar-refractivity contribution in [2.75, 3.05) is 13.7 Å². The normalized spacial score (nSPS) is 9.06. The van der Waals surface area contributed by atoms with Gasteiger partial charge in [0.2, 0.25) is 0 Å². The summed E-state index contributed by atoms with van der Waals surface area (Å²) in [6.45, 7) is 2.07. The maximum absolute atomic E-state index is 11.0. The molecule has 0 atom stereocenters. The second kappa shape index (κ2) is 6.44. The SMILES string of the molecule is CCOC(=O)CC#Cc1cc(OC)ccc1O. The second-order valence-electron chi connectivity index (χ2n) is 3.17. The summed E-state index contributed by atoms with van der Waals surface area (Å²) in [5.41, 5.74) is 0.425. The van der Waals surface area contributed by atoms with Crippen LogP contribution in [0.3, 0.4) is 0 Å². The van der Waals surface area contributed by atoms with Crippen LogP contribution in [0.2, 0.25) is 0 Å². The number of rotatable bonds is 3. The van der Waals surface area contributed by atoms with Crippen LogP contribution in [-0.2, 0) is 9.53 Å². The van der Waals surface area contributed by atoms with E-state index in [0.29, 0.717) is 17.9 Å². The van der Waals surface area contributed by atoms with E-state index in [1.54, 1.807) is 19.1 Å². The molecule has 17 heavy (non-hydrogen) atoms. The van der Waals surface area contributed by atoms with Gasteiger partial charge in [0.1, 0.15) is 17.9 Å². The molecule has 0 unspecified atom stereocenters. The maximum Gasteiger partial charge on any atom is 0.317 e. The van der Waals surface area contributed by atoms with Gasteiger partial charge in [-0.15, -0.1) is 0 Å². The van der Waals surface area contributed by atoms with Gasteiger partial charge in [0, 0.05) is 0 Å². The molecule has 4 nitrogen and oxygen atoms in total. The summed E-state index contributed by atoms with van der Waals surface area (Å²) < 4.78 is 9.73. The number of ether oxygens (including phenoxy) is 2. The van der Waals surface area contributed by atoms with E-state index in [-0.39, 0.29) is 18.1 Å². The first kappa shape index (κ1) is 12.9. The number of benzene rings is 1. The molecule has 1 N–H and O–H groups in total. The first-order valence-electron chi connectivity index (χ1n) is 5.19. The fourth-order valence-electron chi connectivity index (χ4n) is 1.17. The molecular weight excluding hydrogens is 220 g/mol. The van der Waals surface area contributed by atoms with Crippen LogP contribution in [0, 0.1) is 11.8 Å². The molecule has 0 aliphatic heterocycles. The molecule has 1 aromatic rings. The van der Waals surface area contributed by atoms with Crippen molar-refractivity contribution >= 4 is 5.97 Å². The molecule has 0 amide bonds. The first-order valence-corrected chi connectivity index (χ1v) is 5.19. The Hall–Kier alpha value is -2.15. The molecule has 0 saturated heterocycles. The lowest BCUT2D eigenvalue weighted by Crippen LogP contribution is -2.01. The van der Waals surface area contributed by atoms with E-state index < -0.39 is 0 Å². The van der Waals surface area contributed by atoms with E-state index >= 15 is 0 Å². The molecule has 0 bridgehead atoms. The van der Waals surface area contributed by atoms with E-state index in [9.17, 15) is 9.90 Å². The monoisotopic (exact) mass is 234 g/mol. The molecule has 90 valence electrons. The van der Waals surface area contributed by atoms with Crippen molar-refractivity contribution in [3.8, 4) is 23.3 Å². The van der Waals surface area contributed by atoms with Crippen molar-refractivity contribution in [2.45, 2.75) is 13.3 Å². The Morgan fingerprint density at radius 2 is 2.24 bits per heavy atom. The van der Waals surface area contributed by atoms with Crippen LogP contribution >= 0.6 is 0 Å². The summed E-state index contributed by atoms with van der Waals surface area (Å²) in [6.07, 6.45) is 0.00445. The van der Waals surface area contributed by atoms with Crippen LogP contribution in [0.1, 0.15) is 18.9 Å². The molecule has 0 radical (unpaired) electrons. The zero-order valence-corrected chi connectivity index (χ0v) is 9.82. The highest BCUT2D eigenvalue weighted by Gasteiger charge is 2.00. The maximum atomic E-state index is 11.0. The number of methoxy groups -OCH3 is 1. The Bertz CT molecular complexity index is 454. The van der Waals surface area contributed by atoms with Gasteiger partial charge in [-0.3, -0.25) is 4.79 Å². The van der Waals surface area contributed by atoms with E-state index in [1.165, 1.54) is 13.2 Å². The van der Waals surface area contributed by atoms with Crippen LogP contribution < -0.4 is 4.74 Å². The van der Waals surface area contributed by atoms with Gasteiger partial charge in [-0.05, 0) is 25.1 Å². The van der Waals surface area contributed by atoms with E-state index in [0.717, 1.165) is 0 Å². The minimum atomic E-state index is -0.373. The molecule has 0 aromatic heterocycles. The van der Waals surface area contributed by atoms with Crippen molar-refractivity contribution in [3.05, 3.63) is 23.8 Å². The summed E-state index contributed by atoms with van der Waals surface area (Å²) in [7, 11) is 1.53. The lowest BCUT2D eigenvalue weighted by molar-refractivity contribution is -0.141. The second-order valence-corrected chi connectivity index (χ2v) is 3.17. The predicted octanol–water partition coefficient (Wildman–Crippen LogP) is 1.71. The number of aromatic hydroxyl groups is 1. The molecule has 4 heteroatoms. The largest absolute Gasteiger partial charge is 0.507 e. The Kier molecular flexibility index (Phi) is 4.89. The van der Waals surface area contributed by atoms with Gasteiger partial charge in [-0.2, -0.15) is 0 Å². The Labute approximate surface area is 100 Å². The van der Waals surface area contributed by atoms with Crippen LogP contribution in [0.5, 0.6) is 11.5 Å². The van der Waals surface area contributed by atoms with Gasteiger partial charge in [-0.1, -0.05) is 11.8 Å². The molecular formula is C13H14O4. The number of carbonyl (C=O) groups is 1. The van der Waals surface area contributed by atoms with Crippen LogP contribution in [0.25, 0.3) is 0 Å². The zero-order chi connectivity index (χ0) is 12.7. The van der Waals surface area contributed by atoms with E-state index in [2.05, 4.69) is 11.8 Å². The van der Waals surface area contributed by atoms with Crippen molar-refractivity contribution in [3.63, 3.8) is 0 Å². The third kappa shape index (κ3) is 4.07. The average Bonchev–Trinajstić information content (AvgIpc) is 2.32. The van der Waals surface area contributed by atoms with Crippen LogP contribution in [0.15, 0.2) is 18.2 Å². The quantitative estimate of drug-likeness (QED) is 0.639. The van der Waals surface area contributed by atoms with Crippen molar-refractivity contribution in [1.82, 2.24) is 0 Å². The van der Waals surface area contributed by atoms with Crippen molar-refractivity contribution < 1.29 is 19.4 Å². The first-order chi connectivity index (χ1) is 8.17. The van der Waals surface area contributed by atoms with Crippen LogP contribution in [-0.4, -0.2) is 24.8 Å². The van der Waals surface area contributed by atoms with Crippen molar-refractivity contribution in [1.29, 1.82) is 0 Å². The van der Waals surface area contributed by atoms with Gasteiger partial charge < -0.3 is 14.6 Å². The number of phenolic OH excluding ortho intramolecular Hbond substituents is 1. The zero-order valence-electron chi connectivity index (χ0n) is 9.82. The highest BCUT2D eigenvalue weighted by molar-refractivity contribution is 5.72. The minimum Gasteiger partial charge on any atom is -0.507 e. The number of carbonyl (C=O) groups excluding carboxylic acids is 1. The highest BCUT2D eigenvalue weighted by Crippen LogP contribution is 2.21. The number of hydrogen-bond donors (Lipinski definition) is 1. The summed E-state index contributed by atoms with van der Waals surface area (Å²) in [6, 6.07) is 4.73. The lowest BCUT2D eigenvalue weighted by Gasteiger charge is -2.01. The molecule has 0 aliphatic rings. The van der Waals surface area contributed by atoms with Gasteiger partial charge in [0.05, 0.1) is 19.3 Å². The molecule has 0 aliphatic carbocycles. The molecule has 0 heterocycles. The smallest absolute Gasteiger partial charge is 0.317 e. The average molecular weight is 234 g/mol.